The van der Waals surface area contributed by atoms with E-state index >= 15 is 0 Å². The standard InChI is InChI=1S/C20H28N4O2S/c1-4-5-10-24-15(3)14(2)22-20(24)27-13-18(25)16-11-17(21-12-16)19(26)23-8-6-7-9-23/h11-12,21H,4-10,13H2,1-3H3. The van der Waals surface area contributed by atoms with Crippen LogP contribution in [0.5, 0.6) is 0 Å². The van der Waals surface area contributed by atoms with E-state index in [2.05, 4.69) is 28.4 Å². The van der Waals surface area contributed by atoms with E-state index in [1.54, 1.807) is 12.3 Å². The Hall–Kier alpha value is -2.02. The van der Waals surface area contributed by atoms with Gasteiger partial charge in [-0.05, 0) is 39.2 Å². The number of hydrogen-bond acceptors (Lipinski definition) is 4. The number of Topliss-reactive ketones (excluding diaryl/α,β-unsaturated/α-hetero) is 1. The van der Waals surface area contributed by atoms with Gasteiger partial charge in [-0.15, -0.1) is 0 Å². The highest BCUT2D eigenvalue weighted by Crippen LogP contribution is 2.23. The molecule has 0 unspecified atom stereocenters. The molecule has 2 aromatic rings. The van der Waals surface area contributed by atoms with Gasteiger partial charge >= 0.3 is 0 Å². The predicted molar refractivity (Wildman–Crippen MR) is 108 cm³/mol. The van der Waals surface area contributed by atoms with Gasteiger partial charge in [0.05, 0.1) is 11.4 Å². The molecular weight excluding hydrogens is 360 g/mol. The Morgan fingerprint density at radius 1 is 1.26 bits per heavy atom. The number of hydrogen-bond donors (Lipinski definition) is 1. The molecule has 1 N–H and O–H groups in total. The van der Waals surface area contributed by atoms with Gasteiger partial charge in [-0.25, -0.2) is 4.98 Å². The monoisotopic (exact) mass is 388 g/mol. The summed E-state index contributed by atoms with van der Waals surface area (Å²) in [5.41, 5.74) is 3.24. The minimum absolute atomic E-state index is 0.0112. The molecule has 1 aliphatic heterocycles. The number of amides is 1. The summed E-state index contributed by atoms with van der Waals surface area (Å²) >= 11 is 1.47. The van der Waals surface area contributed by atoms with Crippen molar-refractivity contribution >= 4 is 23.5 Å². The first-order valence-electron chi connectivity index (χ1n) is 9.68. The van der Waals surface area contributed by atoms with Crippen molar-refractivity contribution in [3.05, 3.63) is 34.9 Å². The summed E-state index contributed by atoms with van der Waals surface area (Å²) in [5.74, 6) is 0.314. The number of ketones is 1. The van der Waals surface area contributed by atoms with Crippen LogP contribution in [0.2, 0.25) is 0 Å². The van der Waals surface area contributed by atoms with Gasteiger partial charge in [0.15, 0.2) is 10.9 Å². The van der Waals surface area contributed by atoms with E-state index in [4.69, 9.17) is 0 Å². The first kappa shape index (κ1) is 19.7. The summed E-state index contributed by atoms with van der Waals surface area (Å²) in [4.78, 5) is 34.4. The van der Waals surface area contributed by atoms with Crippen molar-refractivity contribution < 1.29 is 9.59 Å². The van der Waals surface area contributed by atoms with Crippen LogP contribution < -0.4 is 0 Å². The fraction of sp³-hybridized carbons (Fsp3) is 0.550. The van der Waals surface area contributed by atoms with Gasteiger partial charge < -0.3 is 14.5 Å². The number of rotatable bonds is 8. The molecule has 1 aliphatic rings. The molecular formula is C20H28N4O2S. The molecule has 0 aliphatic carbocycles. The number of carbonyl (C=O) groups is 2. The van der Waals surface area contributed by atoms with Gasteiger partial charge in [0, 0.05) is 37.1 Å². The van der Waals surface area contributed by atoms with E-state index in [1.807, 2.05) is 11.8 Å². The van der Waals surface area contributed by atoms with Crippen LogP contribution in [0.3, 0.4) is 0 Å². The third-order valence-electron chi connectivity index (χ3n) is 5.12. The summed E-state index contributed by atoms with van der Waals surface area (Å²) in [6.07, 6.45) is 5.97. The number of H-pyrrole nitrogens is 1. The average molecular weight is 389 g/mol. The summed E-state index contributed by atoms with van der Waals surface area (Å²) < 4.78 is 2.20. The number of carbonyl (C=O) groups excluding carboxylic acids is 2. The lowest BCUT2D eigenvalue weighted by atomic mass is 10.2. The molecule has 7 heteroatoms. The Bertz CT molecular complexity index is 818. The zero-order valence-electron chi connectivity index (χ0n) is 16.4. The lowest BCUT2D eigenvalue weighted by Gasteiger charge is -2.13. The Morgan fingerprint density at radius 2 is 2.00 bits per heavy atom. The molecule has 27 heavy (non-hydrogen) atoms. The van der Waals surface area contributed by atoms with Crippen molar-refractivity contribution in [3.8, 4) is 0 Å². The highest BCUT2D eigenvalue weighted by molar-refractivity contribution is 7.99. The maximum Gasteiger partial charge on any atom is 0.270 e. The number of aromatic nitrogens is 3. The molecule has 2 aromatic heterocycles. The molecule has 0 spiro atoms. The van der Waals surface area contributed by atoms with E-state index in [9.17, 15) is 9.59 Å². The van der Waals surface area contributed by atoms with Crippen molar-refractivity contribution in [2.45, 2.75) is 58.2 Å². The maximum absolute atomic E-state index is 12.6. The minimum atomic E-state index is -0.0134. The summed E-state index contributed by atoms with van der Waals surface area (Å²) in [6.45, 7) is 8.78. The SMILES string of the molecule is CCCCn1c(SCC(=O)c2c[nH]c(C(=O)N3CCCC3)c2)nc(C)c1C. The van der Waals surface area contributed by atoms with E-state index < -0.39 is 0 Å². The van der Waals surface area contributed by atoms with Crippen molar-refractivity contribution in [2.75, 3.05) is 18.8 Å². The Labute approximate surface area is 164 Å². The second-order valence-electron chi connectivity index (χ2n) is 7.08. The topological polar surface area (TPSA) is 71.0 Å². The third kappa shape index (κ3) is 4.46. The Kier molecular flexibility index (Phi) is 6.42. The van der Waals surface area contributed by atoms with Crippen LogP contribution in [-0.2, 0) is 6.54 Å². The number of aromatic amines is 1. The number of unbranched alkanes of at least 4 members (excludes halogenated alkanes) is 1. The minimum Gasteiger partial charge on any atom is -0.356 e. The van der Waals surface area contributed by atoms with Crippen LogP contribution in [0.4, 0.5) is 0 Å². The molecule has 0 aromatic carbocycles. The lowest BCUT2D eigenvalue weighted by molar-refractivity contribution is 0.0787. The van der Waals surface area contributed by atoms with Crippen molar-refractivity contribution in [3.63, 3.8) is 0 Å². The number of aryl methyl sites for hydroxylation is 1. The van der Waals surface area contributed by atoms with Crippen molar-refractivity contribution in [1.29, 1.82) is 0 Å². The predicted octanol–water partition coefficient (Wildman–Crippen LogP) is 3.84. The Balaban J connectivity index is 1.63. The van der Waals surface area contributed by atoms with Gasteiger partial charge in [0.25, 0.3) is 5.91 Å². The van der Waals surface area contributed by atoms with Crippen molar-refractivity contribution in [2.24, 2.45) is 0 Å². The third-order valence-corrected chi connectivity index (χ3v) is 6.10. The molecule has 3 heterocycles. The van der Waals surface area contributed by atoms with Crippen LogP contribution in [0, 0.1) is 13.8 Å². The van der Waals surface area contributed by atoms with E-state index in [-0.39, 0.29) is 11.7 Å². The number of thioether (sulfide) groups is 1. The smallest absolute Gasteiger partial charge is 0.270 e. The summed E-state index contributed by atoms with van der Waals surface area (Å²) in [7, 11) is 0. The van der Waals surface area contributed by atoms with Crippen LogP contribution in [-0.4, -0.2) is 50.0 Å². The quantitative estimate of drug-likeness (QED) is 0.551. The van der Waals surface area contributed by atoms with E-state index in [0.29, 0.717) is 17.0 Å². The number of nitrogens with zero attached hydrogens (tertiary/aromatic N) is 3. The van der Waals surface area contributed by atoms with Gasteiger partial charge in [0.1, 0.15) is 5.69 Å². The highest BCUT2D eigenvalue weighted by Gasteiger charge is 2.22. The van der Waals surface area contributed by atoms with Crippen LogP contribution >= 0.6 is 11.8 Å². The van der Waals surface area contributed by atoms with Crippen LogP contribution in [0.15, 0.2) is 17.4 Å². The number of nitrogens with one attached hydrogen (secondary N) is 1. The average Bonchev–Trinajstić information content (AvgIpc) is 3.40. The second kappa shape index (κ2) is 8.78. The Morgan fingerprint density at radius 3 is 2.70 bits per heavy atom. The summed E-state index contributed by atoms with van der Waals surface area (Å²) in [5, 5.41) is 0.899. The molecule has 1 saturated heterocycles. The van der Waals surface area contributed by atoms with Gasteiger partial charge in [0.2, 0.25) is 0 Å². The molecule has 3 rings (SSSR count). The zero-order valence-corrected chi connectivity index (χ0v) is 17.2. The van der Waals surface area contributed by atoms with Crippen LogP contribution in [0.1, 0.15) is 64.8 Å². The highest BCUT2D eigenvalue weighted by atomic mass is 32.2. The normalized spacial score (nSPS) is 14.1. The van der Waals surface area contributed by atoms with Crippen molar-refractivity contribution in [1.82, 2.24) is 19.4 Å². The molecule has 0 saturated carbocycles. The van der Waals surface area contributed by atoms with E-state index in [1.165, 1.54) is 17.5 Å². The largest absolute Gasteiger partial charge is 0.356 e. The molecule has 1 amide bonds. The van der Waals surface area contributed by atoms with E-state index in [0.717, 1.165) is 56.2 Å². The summed E-state index contributed by atoms with van der Waals surface area (Å²) in [6, 6.07) is 1.68. The van der Waals surface area contributed by atoms with Gasteiger partial charge in [-0.3, -0.25) is 9.59 Å². The molecule has 6 nitrogen and oxygen atoms in total. The number of imidazole rings is 1. The zero-order chi connectivity index (χ0) is 19.4. The molecule has 1 fully saturated rings. The fourth-order valence-electron chi connectivity index (χ4n) is 3.30. The second-order valence-corrected chi connectivity index (χ2v) is 8.03. The van der Waals surface area contributed by atoms with Gasteiger partial charge in [-0.2, -0.15) is 0 Å². The maximum atomic E-state index is 12.6. The van der Waals surface area contributed by atoms with Crippen LogP contribution in [0.25, 0.3) is 0 Å². The number of likely N-dealkylation sites (tertiary alicyclic amines) is 1. The molecule has 0 bridgehead atoms. The lowest BCUT2D eigenvalue weighted by Crippen LogP contribution is -2.27. The fourth-order valence-corrected chi connectivity index (χ4v) is 4.31. The molecule has 0 radical (unpaired) electrons. The molecule has 0 atom stereocenters. The first-order chi connectivity index (χ1) is 13.0. The molecule has 146 valence electrons. The first-order valence-corrected chi connectivity index (χ1v) is 10.7. The van der Waals surface area contributed by atoms with Gasteiger partial charge in [-0.1, -0.05) is 25.1 Å².